The molecule has 8 heteroatoms. The molecule has 0 bridgehead atoms. The van der Waals surface area contributed by atoms with E-state index in [2.05, 4.69) is 11.7 Å². The lowest BCUT2D eigenvalue weighted by atomic mass is 10.2. The Morgan fingerprint density at radius 3 is 2.56 bits per heavy atom. The predicted molar refractivity (Wildman–Crippen MR) is 54.9 cm³/mol. The molecule has 4 nitrogen and oxygen atoms in total. The molecule has 0 N–H and O–H groups in total. The number of hydrogen-bond donors (Lipinski definition) is 0. The van der Waals surface area contributed by atoms with E-state index >= 15 is 0 Å². The third kappa shape index (κ3) is 3.08. The molecule has 0 radical (unpaired) electrons. The molecular weight excluding hydrogens is 254 g/mol. The molecule has 0 aliphatic rings. The van der Waals surface area contributed by atoms with Crippen LogP contribution < -0.4 is 0 Å². The number of amides is 1. The number of nitrogens with zero attached hydrogens (tertiary/aromatic N) is 3. The highest BCUT2D eigenvalue weighted by atomic mass is 19.4. The quantitative estimate of drug-likeness (QED) is 0.618. The fourth-order valence-corrected chi connectivity index (χ4v) is 1.43. The van der Waals surface area contributed by atoms with Crippen LogP contribution in [0.1, 0.15) is 11.3 Å². The number of carbonyl (C=O) groups is 1. The Morgan fingerprint density at radius 1 is 1.56 bits per heavy atom. The number of aryl methyl sites for hydroxylation is 1. The van der Waals surface area contributed by atoms with Crippen molar-refractivity contribution in [1.82, 2.24) is 14.7 Å². The van der Waals surface area contributed by atoms with Gasteiger partial charge in [0, 0.05) is 32.4 Å². The van der Waals surface area contributed by atoms with Crippen LogP contribution in [0.5, 0.6) is 0 Å². The van der Waals surface area contributed by atoms with Gasteiger partial charge in [-0.3, -0.25) is 9.48 Å². The van der Waals surface area contributed by atoms with Crippen molar-refractivity contribution in [2.45, 2.75) is 12.7 Å². The van der Waals surface area contributed by atoms with Crippen molar-refractivity contribution in [3.63, 3.8) is 0 Å². The van der Waals surface area contributed by atoms with Crippen molar-refractivity contribution in [1.29, 1.82) is 0 Å². The summed E-state index contributed by atoms with van der Waals surface area (Å²) in [5, 5.41) is 3.28. The van der Waals surface area contributed by atoms with Crippen LogP contribution in [0.25, 0.3) is 0 Å². The number of likely N-dealkylation sites (N-methyl/N-ethyl adjacent to an activating group) is 1. The predicted octanol–water partition coefficient (Wildman–Crippen LogP) is 1.88. The van der Waals surface area contributed by atoms with E-state index in [4.69, 9.17) is 0 Å². The van der Waals surface area contributed by atoms with E-state index < -0.39 is 30.1 Å². The highest BCUT2D eigenvalue weighted by Gasteiger charge is 2.37. The topological polar surface area (TPSA) is 38.1 Å². The summed E-state index contributed by atoms with van der Waals surface area (Å²) in [5.74, 6) is -2.29. The van der Waals surface area contributed by atoms with Gasteiger partial charge in [0.2, 0.25) is 0 Å². The molecule has 1 aromatic rings. The second kappa shape index (κ2) is 4.79. The molecular formula is C10H11F4N3O. The molecule has 0 atom stereocenters. The molecule has 1 amide bonds. The van der Waals surface area contributed by atoms with Crippen molar-refractivity contribution < 1.29 is 22.4 Å². The second-order valence-corrected chi connectivity index (χ2v) is 3.74. The van der Waals surface area contributed by atoms with Crippen LogP contribution in [0.2, 0.25) is 0 Å². The summed E-state index contributed by atoms with van der Waals surface area (Å²) in [6.07, 6.45) is -3.49. The summed E-state index contributed by atoms with van der Waals surface area (Å²) in [4.78, 5) is 12.0. The van der Waals surface area contributed by atoms with Gasteiger partial charge in [0.1, 0.15) is 0 Å². The molecule has 0 fully saturated rings. The molecule has 0 aromatic carbocycles. The minimum Gasteiger partial charge on any atom is -0.335 e. The van der Waals surface area contributed by atoms with Gasteiger partial charge in [-0.1, -0.05) is 6.58 Å². The van der Waals surface area contributed by atoms with E-state index in [0.29, 0.717) is 0 Å². The molecule has 1 rings (SSSR count). The molecule has 0 spiro atoms. The Labute approximate surface area is 100 Å². The van der Waals surface area contributed by atoms with Crippen LogP contribution in [0.4, 0.5) is 17.6 Å². The largest absolute Gasteiger partial charge is 0.435 e. The van der Waals surface area contributed by atoms with Crippen LogP contribution in [-0.2, 0) is 24.6 Å². The van der Waals surface area contributed by atoms with Gasteiger partial charge in [0.05, 0.1) is 0 Å². The lowest BCUT2D eigenvalue weighted by molar-refractivity contribution is -0.142. The number of rotatable bonds is 3. The van der Waals surface area contributed by atoms with E-state index in [9.17, 15) is 22.4 Å². The van der Waals surface area contributed by atoms with Crippen molar-refractivity contribution in [2.75, 3.05) is 7.05 Å². The van der Waals surface area contributed by atoms with E-state index in [0.717, 1.165) is 15.8 Å². The smallest absolute Gasteiger partial charge is 0.335 e. The van der Waals surface area contributed by atoms with Crippen LogP contribution in [0, 0.1) is 0 Å². The minimum atomic E-state index is -4.62. The summed E-state index contributed by atoms with van der Waals surface area (Å²) < 4.78 is 51.3. The number of aromatic nitrogens is 2. The van der Waals surface area contributed by atoms with Crippen molar-refractivity contribution in [3.8, 4) is 0 Å². The number of carbonyl (C=O) groups excluding carboxylic acids is 1. The van der Waals surface area contributed by atoms with Crippen molar-refractivity contribution >= 4 is 5.91 Å². The minimum absolute atomic E-state index is 0.206. The van der Waals surface area contributed by atoms with Gasteiger partial charge in [0.25, 0.3) is 5.91 Å². The first-order chi connectivity index (χ1) is 8.12. The van der Waals surface area contributed by atoms with Crippen LogP contribution >= 0.6 is 0 Å². The van der Waals surface area contributed by atoms with Crippen molar-refractivity contribution in [2.24, 2.45) is 7.05 Å². The zero-order chi connectivity index (χ0) is 14.1. The Morgan fingerprint density at radius 2 is 2.11 bits per heavy atom. The third-order valence-electron chi connectivity index (χ3n) is 2.16. The highest BCUT2D eigenvalue weighted by Crippen LogP contribution is 2.31. The molecule has 1 aromatic heterocycles. The summed E-state index contributed by atoms with van der Waals surface area (Å²) >= 11 is 0. The first-order valence-corrected chi connectivity index (χ1v) is 4.82. The van der Waals surface area contributed by atoms with Crippen molar-refractivity contribution in [3.05, 3.63) is 29.9 Å². The Hall–Kier alpha value is -1.86. The monoisotopic (exact) mass is 265 g/mol. The molecule has 100 valence electrons. The number of hydrogen-bond acceptors (Lipinski definition) is 2. The summed E-state index contributed by atoms with van der Waals surface area (Å²) in [7, 11) is 2.51. The normalized spacial score (nSPS) is 11.4. The zero-order valence-corrected chi connectivity index (χ0v) is 9.75. The van der Waals surface area contributed by atoms with Gasteiger partial charge in [-0.15, -0.1) is 0 Å². The molecule has 0 aliphatic heterocycles. The third-order valence-corrected chi connectivity index (χ3v) is 2.16. The molecule has 0 saturated heterocycles. The van der Waals surface area contributed by atoms with Gasteiger partial charge in [-0.2, -0.15) is 18.3 Å². The van der Waals surface area contributed by atoms with E-state index in [1.807, 2.05) is 0 Å². The molecule has 18 heavy (non-hydrogen) atoms. The van der Waals surface area contributed by atoms with Gasteiger partial charge >= 0.3 is 6.18 Å². The van der Waals surface area contributed by atoms with Gasteiger partial charge < -0.3 is 4.90 Å². The first-order valence-electron chi connectivity index (χ1n) is 4.82. The summed E-state index contributed by atoms with van der Waals surface area (Å²) in [6.45, 7) is 2.39. The van der Waals surface area contributed by atoms with Gasteiger partial charge in [0.15, 0.2) is 11.5 Å². The molecule has 1 heterocycles. The fraction of sp³-hybridized carbons (Fsp3) is 0.400. The lowest BCUT2D eigenvalue weighted by Gasteiger charge is -2.16. The van der Waals surface area contributed by atoms with Crippen LogP contribution in [0.15, 0.2) is 18.6 Å². The Balaban J connectivity index is 2.98. The number of halogens is 4. The zero-order valence-electron chi connectivity index (χ0n) is 9.75. The molecule has 0 unspecified atom stereocenters. The van der Waals surface area contributed by atoms with E-state index in [1.54, 1.807) is 0 Å². The Bertz CT molecular complexity index is 478. The Kier molecular flexibility index (Phi) is 3.78. The SMILES string of the molecule is C=C(F)C(=O)N(C)Cc1cn(C)nc1C(F)(F)F. The van der Waals surface area contributed by atoms with Gasteiger partial charge in [-0.05, 0) is 0 Å². The van der Waals surface area contributed by atoms with E-state index in [1.165, 1.54) is 14.1 Å². The molecule has 0 aliphatic carbocycles. The fourth-order valence-electron chi connectivity index (χ4n) is 1.43. The maximum Gasteiger partial charge on any atom is 0.435 e. The van der Waals surface area contributed by atoms with Gasteiger partial charge in [-0.25, -0.2) is 4.39 Å². The molecule has 0 saturated carbocycles. The second-order valence-electron chi connectivity index (χ2n) is 3.74. The highest BCUT2D eigenvalue weighted by molar-refractivity contribution is 5.90. The average Bonchev–Trinajstić information content (AvgIpc) is 2.57. The van der Waals surface area contributed by atoms with Crippen LogP contribution in [0.3, 0.4) is 0 Å². The maximum absolute atomic E-state index is 12.6. The van der Waals surface area contributed by atoms with E-state index in [-0.39, 0.29) is 5.56 Å². The lowest BCUT2D eigenvalue weighted by Crippen LogP contribution is -2.27. The maximum atomic E-state index is 12.6. The first kappa shape index (κ1) is 14.2. The standard InChI is InChI=1S/C10H11F4N3O/c1-6(11)9(18)16(2)4-7-5-17(3)15-8(7)10(12,13)14/h5H,1,4H2,2-3H3. The summed E-state index contributed by atoms with van der Waals surface area (Å²) in [5.41, 5.74) is -1.30. The summed E-state index contributed by atoms with van der Waals surface area (Å²) in [6, 6.07) is 0. The van der Waals surface area contributed by atoms with Crippen LogP contribution in [-0.4, -0.2) is 27.6 Å². The average molecular weight is 265 g/mol. The number of alkyl halides is 3.